The van der Waals surface area contributed by atoms with E-state index in [1.54, 1.807) is 0 Å². The van der Waals surface area contributed by atoms with Gasteiger partial charge < -0.3 is 20.5 Å². The van der Waals surface area contributed by atoms with Gasteiger partial charge >= 0.3 is 5.97 Å². The van der Waals surface area contributed by atoms with E-state index in [2.05, 4.69) is 11.9 Å². The highest BCUT2D eigenvalue weighted by Crippen LogP contribution is 2.13. The van der Waals surface area contributed by atoms with E-state index in [0.29, 0.717) is 12.3 Å². The number of rotatable bonds is 8. The number of carbonyl (C=O) groups is 3. The molecule has 0 spiro atoms. The minimum absolute atomic E-state index is 0.246. The molecule has 0 saturated carbocycles. The van der Waals surface area contributed by atoms with Crippen LogP contribution in [0.25, 0.3) is 0 Å². The topological polar surface area (TPSA) is 108 Å². The van der Waals surface area contributed by atoms with Crippen LogP contribution in [0.2, 0.25) is 0 Å². The Morgan fingerprint density at radius 2 is 1.95 bits per heavy atom. The summed E-state index contributed by atoms with van der Waals surface area (Å²) in [6, 6.07) is 5.93. The summed E-state index contributed by atoms with van der Waals surface area (Å²) in [5.74, 6) is -1.24. The zero-order valence-electron chi connectivity index (χ0n) is 12.2. The number of nitrogens with two attached hydrogens (primary N) is 1. The number of amides is 2. The summed E-state index contributed by atoms with van der Waals surface area (Å²) in [5.41, 5.74) is 5.21. The van der Waals surface area contributed by atoms with Crippen molar-refractivity contribution < 1.29 is 23.9 Å². The van der Waals surface area contributed by atoms with E-state index in [1.807, 2.05) is 0 Å². The van der Waals surface area contributed by atoms with Gasteiger partial charge in [0.25, 0.3) is 11.8 Å². The molecule has 0 aliphatic heterocycles. The quantitative estimate of drug-likeness (QED) is 0.534. The lowest BCUT2D eigenvalue weighted by atomic mass is 10.2. The lowest BCUT2D eigenvalue weighted by molar-refractivity contribution is -0.128. The van der Waals surface area contributed by atoms with Crippen molar-refractivity contribution in [2.24, 2.45) is 5.73 Å². The molecule has 0 unspecified atom stereocenters. The van der Waals surface area contributed by atoms with Crippen molar-refractivity contribution in [2.45, 2.75) is 13.0 Å². The Hall–Kier alpha value is -2.83. The van der Waals surface area contributed by atoms with Gasteiger partial charge in [-0.3, -0.25) is 9.59 Å². The fraction of sp³-hybridized carbons (Fsp3) is 0.267. The standard InChI is InChI=1S/C15H18N2O5/c1-3-8-17-14(19)10(2)22-15(20)11-4-6-12(7-5-11)21-9-13(16)18/h3-7,10H,1,8-9H2,2H3,(H2,16,18)(H,17,19)/t10-/m0/s1. The number of benzene rings is 1. The largest absolute Gasteiger partial charge is 0.484 e. The minimum atomic E-state index is -0.918. The molecule has 1 aromatic rings. The highest BCUT2D eigenvalue weighted by atomic mass is 16.5. The Morgan fingerprint density at radius 3 is 2.50 bits per heavy atom. The maximum atomic E-state index is 11.9. The average molecular weight is 306 g/mol. The molecule has 118 valence electrons. The molecule has 7 nitrogen and oxygen atoms in total. The molecule has 0 saturated heterocycles. The van der Waals surface area contributed by atoms with Crippen molar-refractivity contribution in [2.75, 3.05) is 13.2 Å². The smallest absolute Gasteiger partial charge is 0.338 e. The van der Waals surface area contributed by atoms with Gasteiger partial charge in [-0.05, 0) is 31.2 Å². The molecule has 0 aliphatic rings. The van der Waals surface area contributed by atoms with Crippen LogP contribution in [0, 0.1) is 0 Å². The molecule has 0 heterocycles. The fourth-order valence-corrected chi connectivity index (χ4v) is 1.44. The monoisotopic (exact) mass is 306 g/mol. The number of esters is 1. The number of hydrogen-bond acceptors (Lipinski definition) is 5. The molecule has 1 rings (SSSR count). The number of nitrogens with one attached hydrogen (secondary N) is 1. The molecule has 0 aliphatic carbocycles. The summed E-state index contributed by atoms with van der Waals surface area (Å²) in [6.45, 7) is 5.00. The Balaban J connectivity index is 2.56. The van der Waals surface area contributed by atoms with E-state index in [0.717, 1.165) is 0 Å². The molecule has 2 amide bonds. The molecule has 0 fully saturated rings. The van der Waals surface area contributed by atoms with Gasteiger partial charge in [0.2, 0.25) is 0 Å². The van der Waals surface area contributed by atoms with Crippen LogP contribution in [0.3, 0.4) is 0 Å². The first-order chi connectivity index (χ1) is 10.4. The zero-order chi connectivity index (χ0) is 16.5. The SMILES string of the molecule is C=CCNC(=O)[C@H](C)OC(=O)c1ccc(OCC(N)=O)cc1. The van der Waals surface area contributed by atoms with Crippen LogP contribution in [0.4, 0.5) is 0 Å². The molecule has 3 N–H and O–H groups in total. The second-order valence-electron chi connectivity index (χ2n) is 4.36. The third-order valence-corrected chi connectivity index (χ3v) is 2.54. The van der Waals surface area contributed by atoms with Crippen LogP contribution in [0.5, 0.6) is 5.75 Å². The summed E-state index contributed by atoms with van der Waals surface area (Å²) in [6.07, 6.45) is 0.607. The fourth-order valence-electron chi connectivity index (χ4n) is 1.44. The lowest BCUT2D eigenvalue weighted by Gasteiger charge is -2.13. The molecule has 7 heteroatoms. The first kappa shape index (κ1) is 17.2. The van der Waals surface area contributed by atoms with E-state index in [-0.39, 0.29) is 12.2 Å². The third-order valence-electron chi connectivity index (χ3n) is 2.54. The molecule has 0 radical (unpaired) electrons. The third kappa shape index (κ3) is 5.66. The van der Waals surface area contributed by atoms with Gasteiger partial charge in [-0.1, -0.05) is 6.08 Å². The van der Waals surface area contributed by atoms with Gasteiger partial charge in [0.1, 0.15) is 5.75 Å². The van der Waals surface area contributed by atoms with E-state index < -0.39 is 23.9 Å². The Morgan fingerprint density at radius 1 is 1.32 bits per heavy atom. The van der Waals surface area contributed by atoms with Crippen LogP contribution in [0.1, 0.15) is 17.3 Å². The number of primary amides is 1. The zero-order valence-corrected chi connectivity index (χ0v) is 12.2. The number of hydrogen-bond donors (Lipinski definition) is 2. The van der Waals surface area contributed by atoms with Crippen LogP contribution in [-0.2, 0) is 14.3 Å². The van der Waals surface area contributed by atoms with E-state index in [9.17, 15) is 14.4 Å². The first-order valence-electron chi connectivity index (χ1n) is 6.54. The van der Waals surface area contributed by atoms with Gasteiger partial charge in [0.15, 0.2) is 12.7 Å². The summed E-state index contributed by atoms with van der Waals surface area (Å²) >= 11 is 0. The summed E-state index contributed by atoms with van der Waals surface area (Å²) < 4.78 is 10.1. The highest BCUT2D eigenvalue weighted by Gasteiger charge is 2.18. The Bertz CT molecular complexity index is 554. The van der Waals surface area contributed by atoms with Crippen molar-refractivity contribution in [3.05, 3.63) is 42.5 Å². The molecular formula is C15H18N2O5. The molecule has 0 bridgehead atoms. The lowest BCUT2D eigenvalue weighted by Crippen LogP contribution is -2.35. The van der Waals surface area contributed by atoms with Crippen LogP contribution in [0.15, 0.2) is 36.9 Å². The number of ether oxygens (including phenoxy) is 2. The molecule has 22 heavy (non-hydrogen) atoms. The maximum absolute atomic E-state index is 11.9. The van der Waals surface area contributed by atoms with Crippen LogP contribution in [-0.4, -0.2) is 37.0 Å². The van der Waals surface area contributed by atoms with Crippen molar-refractivity contribution >= 4 is 17.8 Å². The molecule has 1 atom stereocenters. The normalized spacial score (nSPS) is 11.1. The van der Waals surface area contributed by atoms with E-state index >= 15 is 0 Å². The first-order valence-corrected chi connectivity index (χ1v) is 6.54. The predicted molar refractivity (Wildman–Crippen MR) is 79.2 cm³/mol. The van der Waals surface area contributed by atoms with Crippen molar-refractivity contribution in [1.29, 1.82) is 0 Å². The Labute approximate surface area is 128 Å². The molecular weight excluding hydrogens is 288 g/mol. The number of carbonyl (C=O) groups excluding carboxylic acids is 3. The van der Waals surface area contributed by atoms with Gasteiger partial charge in [0.05, 0.1) is 5.56 Å². The second-order valence-corrected chi connectivity index (χ2v) is 4.36. The van der Waals surface area contributed by atoms with Crippen molar-refractivity contribution in [1.82, 2.24) is 5.32 Å². The van der Waals surface area contributed by atoms with Crippen LogP contribution < -0.4 is 15.8 Å². The second kappa shape index (κ2) is 8.46. The average Bonchev–Trinajstić information content (AvgIpc) is 2.50. The van der Waals surface area contributed by atoms with Gasteiger partial charge in [-0.25, -0.2) is 4.79 Å². The minimum Gasteiger partial charge on any atom is -0.484 e. The van der Waals surface area contributed by atoms with Gasteiger partial charge in [-0.2, -0.15) is 0 Å². The molecule has 1 aromatic carbocycles. The predicted octanol–water partition coefficient (Wildman–Crippen LogP) is 0.398. The van der Waals surface area contributed by atoms with Crippen molar-refractivity contribution in [3.63, 3.8) is 0 Å². The summed E-state index contributed by atoms with van der Waals surface area (Å²) in [7, 11) is 0. The summed E-state index contributed by atoms with van der Waals surface area (Å²) in [4.78, 5) is 34.0. The van der Waals surface area contributed by atoms with Crippen LogP contribution >= 0.6 is 0 Å². The van der Waals surface area contributed by atoms with E-state index in [4.69, 9.17) is 15.2 Å². The van der Waals surface area contributed by atoms with Gasteiger partial charge in [-0.15, -0.1) is 6.58 Å². The maximum Gasteiger partial charge on any atom is 0.338 e. The van der Waals surface area contributed by atoms with Crippen molar-refractivity contribution in [3.8, 4) is 5.75 Å². The van der Waals surface area contributed by atoms with E-state index in [1.165, 1.54) is 37.3 Å². The summed E-state index contributed by atoms with van der Waals surface area (Å²) in [5, 5.41) is 2.53. The highest BCUT2D eigenvalue weighted by molar-refractivity contribution is 5.92. The van der Waals surface area contributed by atoms with Gasteiger partial charge in [0, 0.05) is 6.54 Å². The Kier molecular flexibility index (Phi) is 6.62. The molecule has 0 aromatic heterocycles.